The highest BCUT2D eigenvalue weighted by molar-refractivity contribution is 9.10. The molecule has 2 unspecified atom stereocenters. The van der Waals surface area contributed by atoms with E-state index in [2.05, 4.69) is 15.9 Å². The van der Waals surface area contributed by atoms with Crippen molar-refractivity contribution < 1.29 is 19.5 Å². The number of nitrogens with zero attached hydrogens (tertiary/aromatic N) is 2. The molecule has 124 valence electrons. The first-order valence-corrected chi connectivity index (χ1v) is 9.01. The Morgan fingerprint density at radius 1 is 1.38 bits per heavy atom. The zero-order chi connectivity index (χ0) is 16.8. The molecule has 2 aromatic rings. The van der Waals surface area contributed by atoms with E-state index in [1.165, 1.54) is 21.3 Å². The van der Waals surface area contributed by atoms with Crippen molar-refractivity contribution in [3.8, 4) is 0 Å². The Morgan fingerprint density at radius 2 is 2.12 bits per heavy atom. The number of fused-ring (bicyclic) bond motifs is 4. The van der Waals surface area contributed by atoms with Gasteiger partial charge in [-0.3, -0.25) is 4.84 Å². The molecule has 1 N–H and O–H groups in total. The van der Waals surface area contributed by atoms with Crippen LogP contribution >= 0.6 is 27.3 Å². The van der Waals surface area contributed by atoms with Crippen molar-refractivity contribution in [1.29, 1.82) is 0 Å². The number of hydrogen-bond acceptors (Lipinski definition) is 4. The molecule has 3 heterocycles. The molecule has 8 heteroatoms. The molecule has 0 radical (unpaired) electrons. The molecule has 2 bridgehead atoms. The van der Waals surface area contributed by atoms with Gasteiger partial charge in [0, 0.05) is 20.3 Å². The second-order valence-electron chi connectivity index (χ2n) is 5.64. The van der Waals surface area contributed by atoms with Gasteiger partial charge >= 0.3 is 12.0 Å². The van der Waals surface area contributed by atoms with Crippen LogP contribution in [0.25, 0.3) is 0 Å². The Balaban J connectivity index is 1.65. The summed E-state index contributed by atoms with van der Waals surface area (Å²) in [5.74, 6) is -1.04. The molecule has 0 spiro atoms. The van der Waals surface area contributed by atoms with Crippen molar-refractivity contribution in [3.05, 3.63) is 56.2 Å². The van der Waals surface area contributed by atoms with Crippen LogP contribution in [0.2, 0.25) is 0 Å². The summed E-state index contributed by atoms with van der Waals surface area (Å²) in [6.07, 6.45) is 0. The van der Waals surface area contributed by atoms with E-state index in [1.54, 1.807) is 0 Å². The van der Waals surface area contributed by atoms with E-state index in [4.69, 9.17) is 4.84 Å². The smallest absolute Gasteiger partial charge is 0.345 e. The minimum atomic E-state index is -1.04. The van der Waals surface area contributed by atoms with E-state index in [1.807, 2.05) is 35.7 Å². The summed E-state index contributed by atoms with van der Waals surface area (Å²) >= 11 is 4.86. The highest BCUT2D eigenvalue weighted by Gasteiger charge is 2.52. The molecule has 2 aliphatic heterocycles. The van der Waals surface area contributed by atoms with Gasteiger partial charge in [-0.2, -0.15) is 5.06 Å². The van der Waals surface area contributed by atoms with E-state index in [9.17, 15) is 14.7 Å². The number of hydroxylamine groups is 2. The fraction of sp³-hybridized carbons (Fsp3) is 0.250. The third kappa shape index (κ3) is 2.33. The van der Waals surface area contributed by atoms with Gasteiger partial charge in [-0.25, -0.2) is 9.59 Å². The van der Waals surface area contributed by atoms with Crippen molar-refractivity contribution in [2.75, 3.05) is 6.54 Å². The second kappa shape index (κ2) is 5.87. The summed E-state index contributed by atoms with van der Waals surface area (Å²) in [6, 6.07) is 7.90. The number of carboxylic acid groups (broad SMARTS) is 1. The fourth-order valence-electron chi connectivity index (χ4n) is 3.16. The second-order valence-corrected chi connectivity index (χ2v) is 7.40. The van der Waals surface area contributed by atoms with Gasteiger partial charge in [-0.15, -0.1) is 11.3 Å². The Kier molecular flexibility index (Phi) is 3.82. The lowest BCUT2D eigenvalue weighted by atomic mass is 9.99. The largest absolute Gasteiger partial charge is 0.479 e. The zero-order valence-corrected chi connectivity index (χ0v) is 14.8. The average Bonchev–Trinajstić information content (AvgIpc) is 3.08. The molecule has 2 atom stereocenters. The predicted molar refractivity (Wildman–Crippen MR) is 90.3 cm³/mol. The number of thiophene rings is 1. The van der Waals surface area contributed by atoms with Crippen LogP contribution in [0, 0.1) is 0 Å². The van der Waals surface area contributed by atoms with Gasteiger partial charge in [0.05, 0.1) is 6.54 Å². The van der Waals surface area contributed by atoms with Crippen LogP contribution in [0.3, 0.4) is 0 Å². The van der Waals surface area contributed by atoms with Crippen LogP contribution in [0.5, 0.6) is 0 Å². The monoisotopic (exact) mass is 408 g/mol. The van der Waals surface area contributed by atoms with Crippen molar-refractivity contribution >= 4 is 39.3 Å². The molecule has 0 aliphatic carbocycles. The Labute approximate surface area is 150 Å². The molecule has 1 aromatic heterocycles. The third-order valence-corrected chi connectivity index (χ3v) is 6.29. The van der Waals surface area contributed by atoms with E-state index in [-0.39, 0.29) is 12.6 Å². The first-order valence-electron chi connectivity index (χ1n) is 7.34. The molecule has 24 heavy (non-hydrogen) atoms. The number of aliphatic carboxylic acids is 1. The minimum absolute atomic E-state index is 0.260. The van der Waals surface area contributed by atoms with E-state index in [0.29, 0.717) is 12.1 Å². The number of benzene rings is 1. The molecule has 1 fully saturated rings. The lowest BCUT2D eigenvalue weighted by Gasteiger charge is -2.28. The Morgan fingerprint density at radius 3 is 2.83 bits per heavy atom. The van der Waals surface area contributed by atoms with Gasteiger partial charge in [0.2, 0.25) is 0 Å². The number of urea groups is 1. The third-order valence-electron chi connectivity index (χ3n) is 4.23. The van der Waals surface area contributed by atoms with Crippen molar-refractivity contribution in [2.24, 2.45) is 0 Å². The number of carbonyl (C=O) groups is 2. The Hall–Kier alpha value is -1.90. The number of carbonyl (C=O) groups excluding carboxylic acids is 1. The SMILES string of the molecule is O=C(O)C1c2c(Br)csc2C2CN1C(=O)N2OCc1ccccc1. The summed E-state index contributed by atoms with van der Waals surface area (Å²) in [6.45, 7) is 0.584. The molecule has 2 amide bonds. The molecule has 2 aliphatic rings. The van der Waals surface area contributed by atoms with E-state index in [0.717, 1.165) is 14.9 Å². The summed E-state index contributed by atoms with van der Waals surface area (Å²) in [5, 5.41) is 12.8. The maximum atomic E-state index is 12.7. The van der Waals surface area contributed by atoms with Gasteiger partial charge in [-0.05, 0) is 21.5 Å². The van der Waals surface area contributed by atoms with Crippen LogP contribution in [0.4, 0.5) is 4.79 Å². The lowest BCUT2D eigenvalue weighted by molar-refractivity contribution is -0.143. The summed E-state index contributed by atoms with van der Waals surface area (Å²) < 4.78 is 0.724. The fourth-order valence-corrected chi connectivity index (χ4v) is 5.04. The number of hydrogen-bond donors (Lipinski definition) is 1. The maximum absolute atomic E-state index is 12.7. The number of halogens is 1. The van der Waals surface area contributed by atoms with Crippen LogP contribution in [0.15, 0.2) is 40.2 Å². The molecular formula is C16H13BrN2O4S. The summed E-state index contributed by atoms with van der Waals surface area (Å²) in [7, 11) is 0. The van der Waals surface area contributed by atoms with Crippen molar-refractivity contribution in [3.63, 3.8) is 0 Å². The van der Waals surface area contributed by atoms with Gasteiger partial charge in [0.15, 0.2) is 6.04 Å². The van der Waals surface area contributed by atoms with Crippen molar-refractivity contribution in [1.82, 2.24) is 9.96 Å². The van der Waals surface area contributed by atoms with E-state index >= 15 is 0 Å². The minimum Gasteiger partial charge on any atom is -0.479 e. The van der Waals surface area contributed by atoms with Crippen LogP contribution in [-0.4, -0.2) is 33.6 Å². The first kappa shape index (κ1) is 15.6. The van der Waals surface area contributed by atoms with Gasteiger partial charge in [0.1, 0.15) is 12.6 Å². The highest BCUT2D eigenvalue weighted by Crippen LogP contribution is 2.49. The van der Waals surface area contributed by atoms with Gasteiger partial charge in [-0.1, -0.05) is 30.3 Å². The Bertz CT molecular complexity index is 810. The predicted octanol–water partition coefficient (Wildman–Crippen LogP) is 3.56. The highest BCUT2D eigenvalue weighted by atomic mass is 79.9. The van der Waals surface area contributed by atoms with Gasteiger partial charge < -0.3 is 10.0 Å². The maximum Gasteiger partial charge on any atom is 0.345 e. The quantitative estimate of drug-likeness (QED) is 0.839. The van der Waals surface area contributed by atoms with Gasteiger partial charge in [0.25, 0.3) is 0 Å². The molecule has 4 rings (SSSR count). The average molecular weight is 409 g/mol. The summed E-state index contributed by atoms with van der Waals surface area (Å²) in [4.78, 5) is 32.3. The van der Waals surface area contributed by atoms with Crippen LogP contribution in [0.1, 0.15) is 28.1 Å². The number of amides is 2. The lowest BCUT2D eigenvalue weighted by Crippen LogP contribution is -2.38. The summed E-state index contributed by atoms with van der Waals surface area (Å²) in [5.41, 5.74) is 1.60. The van der Waals surface area contributed by atoms with Crippen molar-refractivity contribution in [2.45, 2.75) is 18.7 Å². The van der Waals surface area contributed by atoms with E-state index < -0.39 is 18.0 Å². The topological polar surface area (TPSA) is 70.1 Å². The molecule has 1 saturated heterocycles. The molecular weight excluding hydrogens is 396 g/mol. The molecule has 0 saturated carbocycles. The van der Waals surface area contributed by atoms with Crippen LogP contribution < -0.4 is 0 Å². The molecule has 1 aromatic carbocycles. The standard InChI is InChI=1S/C16H13BrN2O4S/c17-10-8-24-14-11-6-18(13(12(10)14)15(20)21)16(22)19(11)23-7-9-4-2-1-3-5-9/h1-5,8,11,13H,6-7H2,(H,20,21). The first-order chi connectivity index (χ1) is 11.6. The number of rotatable bonds is 4. The normalized spacial score (nSPS) is 22.0. The van der Waals surface area contributed by atoms with Crippen LogP contribution in [-0.2, 0) is 16.2 Å². The zero-order valence-electron chi connectivity index (χ0n) is 12.4. The number of carboxylic acids is 1. The molecule has 6 nitrogen and oxygen atoms in total.